The Labute approximate surface area is 137 Å². The molecule has 0 aliphatic heterocycles. The molecule has 0 bridgehead atoms. The molecule has 0 saturated heterocycles. The van der Waals surface area contributed by atoms with Crippen molar-refractivity contribution in [2.45, 2.75) is 50.6 Å². The van der Waals surface area contributed by atoms with Gasteiger partial charge in [0.15, 0.2) is 0 Å². The van der Waals surface area contributed by atoms with Crippen LogP contribution in [-0.2, 0) is 6.42 Å². The summed E-state index contributed by atoms with van der Waals surface area (Å²) >= 11 is 3.53. The van der Waals surface area contributed by atoms with Gasteiger partial charge in [-0.3, -0.25) is 4.98 Å². The van der Waals surface area contributed by atoms with Gasteiger partial charge in [0.25, 0.3) is 0 Å². The van der Waals surface area contributed by atoms with Crippen LogP contribution in [0.4, 0.5) is 0 Å². The fourth-order valence-corrected chi connectivity index (χ4v) is 4.15. The van der Waals surface area contributed by atoms with E-state index in [1.165, 1.54) is 31.2 Å². The van der Waals surface area contributed by atoms with E-state index in [0.717, 1.165) is 16.8 Å². The molecular weight excluding hydrogens is 326 g/mol. The Morgan fingerprint density at radius 2 is 2.05 bits per heavy atom. The zero-order valence-corrected chi connectivity index (χ0v) is 15.3. The highest BCUT2D eigenvalue weighted by atomic mass is 79.9. The average Bonchev–Trinajstić information content (AvgIpc) is 2.46. The summed E-state index contributed by atoms with van der Waals surface area (Å²) in [5, 5.41) is 3.59. The smallest absolute Gasteiger partial charge is 0.0410 e. The van der Waals surface area contributed by atoms with E-state index in [4.69, 9.17) is 0 Å². The number of nitrogens with one attached hydrogen (secondary N) is 1. The highest BCUT2D eigenvalue weighted by Gasteiger charge is 2.42. The van der Waals surface area contributed by atoms with Crippen LogP contribution in [0.3, 0.4) is 0 Å². The molecule has 4 heteroatoms. The molecule has 1 aromatic heterocycles. The quantitative estimate of drug-likeness (QED) is 0.878. The predicted molar refractivity (Wildman–Crippen MR) is 92.5 cm³/mol. The van der Waals surface area contributed by atoms with Crippen molar-refractivity contribution < 1.29 is 0 Å². The molecule has 1 fully saturated rings. The monoisotopic (exact) mass is 353 g/mol. The van der Waals surface area contributed by atoms with Gasteiger partial charge in [-0.05, 0) is 86.7 Å². The van der Waals surface area contributed by atoms with Crippen LogP contribution in [0.1, 0.15) is 38.2 Å². The molecule has 0 aromatic carbocycles. The zero-order valence-electron chi connectivity index (χ0n) is 13.7. The van der Waals surface area contributed by atoms with Crippen LogP contribution in [0.15, 0.2) is 22.9 Å². The van der Waals surface area contributed by atoms with E-state index in [1.807, 2.05) is 12.4 Å². The molecule has 1 aliphatic rings. The van der Waals surface area contributed by atoms with Crippen molar-refractivity contribution in [1.82, 2.24) is 15.2 Å². The fourth-order valence-electron chi connectivity index (χ4n) is 3.73. The summed E-state index contributed by atoms with van der Waals surface area (Å²) in [6.07, 6.45) is 10.1. The molecular formula is C17H28BrN3. The molecule has 1 atom stereocenters. The first kappa shape index (κ1) is 16.9. The van der Waals surface area contributed by atoms with Gasteiger partial charge < -0.3 is 10.2 Å². The Kier molecular flexibility index (Phi) is 5.81. The maximum Gasteiger partial charge on any atom is 0.0410 e. The highest BCUT2D eigenvalue weighted by molar-refractivity contribution is 9.10. The standard InChI is InChI=1S/C17H28BrN3/c1-13-5-7-17(8-6-13,21(3)4)16(19-2)10-14-9-15(18)12-20-11-14/h9,11-13,16,19H,5-8,10H2,1-4H3. The van der Waals surface area contributed by atoms with Crippen LogP contribution in [0.5, 0.6) is 0 Å². The Balaban J connectivity index is 2.20. The Bertz CT molecular complexity index is 453. The number of rotatable bonds is 5. The van der Waals surface area contributed by atoms with Crippen molar-refractivity contribution in [3.05, 3.63) is 28.5 Å². The second-order valence-electron chi connectivity index (χ2n) is 6.74. The lowest BCUT2D eigenvalue weighted by molar-refractivity contribution is 0.0461. The highest BCUT2D eigenvalue weighted by Crippen LogP contribution is 2.38. The minimum atomic E-state index is 0.254. The second-order valence-corrected chi connectivity index (χ2v) is 7.65. The molecule has 1 N–H and O–H groups in total. The van der Waals surface area contributed by atoms with Crippen LogP contribution < -0.4 is 5.32 Å². The summed E-state index contributed by atoms with van der Waals surface area (Å²) in [6, 6.07) is 2.64. The number of likely N-dealkylation sites (N-methyl/N-ethyl adjacent to an activating group) is 2. The van der Waals surface area contributed by atoms with Gasteiger partial charge in [0.2, 0.25) is 0 Å². The van der Waals surface area contributed by atoms with Crippen LogP contribution >= 0.6 is 15.9 Å². The Hall–Kier alpha value is -0.450. The van der Waals surface area contributed by atoms with Gasteiger partial charge in [0.05, 0.1) is 0 Å². The molecule has 3 nitrogen and oxygen atoms in total. The fraction of sp³-hybridized carbons (Fsp3) is 0.706. The van der Waals surface area contributed by atoms with Gasteiger partial charge >= 0.3 is 0 Å². The van der Waals surface area contributed by atoms with Gasteiger partial charge in [0, 0.05) is 28.4 Å². The number of aromatic nitrogens is 1. The van der Waals surface area contributed by atoms with Gasteiger partial charge in [-0.1, -0.05) is 6.92 Å². The predicted octanol–water partition coefficient (Wildman–Crippen LogP) is 3.49. The van der Waals surface area contributed by atoms with E-state index in [0.29, 0.717) is 6.04 Å². The van der Waals surface area contributed by atoms with E-state index in [-0.39, 0.29) is 5.54 Å². The molecule has 0 amide bonds. The van der Waals surface area contributed by atoms with Crippen molar-refractivity contribution >= 4 is 15.9 Å². The third-order valence-corrected chi connectivity index (χ3v) is 5.66. The van der Waals surface area contributed by atoms with Gasteiger partial charge in [-0.15, -0.1) is 0 Å². The van der Waals surface area contributed by atoms with E-state index >= 15 is 0 Å². The van der Waals surface area contributed by atoms with Crippen LogP contribution in [-0.4, -0.2) is 42.6 Å². The van der Waals surface area contributed by atoms with Gasteiger partial charge in [0.1, 0.15) is 0 Å². The van der Waals surface area contributed by atoms with Crippen LogP contribution in [0.25, 0.3) is 0 Å². The maximum absolute atomic E-state index is 4.31. The molecule has 0 spiro atoms. The summed E-state index contributed by atoms with van der Waals surface area (Å²) < 4.78 is 1.06. The zero-order chi connectivity index (χ0) is 15.5. The van der Waals surface area contributed by atoms with Crippen LogP contribution in [0, 0.1) is 5.92 Å². The molecule has 21 heavy (non-hydrogen) atoms. The largest absolute Gasteiger partial charge is 0.315 e. The van der Waals surface area contributed by atoms with E-state index in [9.17, 15) is 0 Å². The third-order valence-electron chi connectivity index (χ3n) is 5.23. The average molecular weight is 354 g/mol. The minimum Gasteiger partial charge on any atom is -0.315 e. The lowest BCUT2D eigenvalue weighted by atomic mass is 9.70. The topological polar surface area (TPSA) is 28.2 Å². The van der Waals surface area contributed by atoms with Crippen molar-refractivity contribution in [3.8, 4) is 0 Å². The lowest BCUT2D eigenvalue weighted by Crippen LogP contribution is -2.60. The number of pyridine rings is 1. The van der Waals surface area contributed by atoms with E-state index < -0.39 is 0 Å². The number of nitrogens with zero attached hydrogens (tertiary/aromatic N) is 2. The van der Waals surface area contributed by atoms with Crippen molar-refractivity contribution in [2.75, 3.05) is 21.1 Å². The first-order chi connectivity index (χ1) is 9.98. The SMILES string of the molecule is CNC(Cc1cncc(Br)c1)C1(N(C)C)CCC(C)CC1. The van der Waals surface area contributed by atoms with Crippen molar-refractivity contribution in [1.29, 1.82) is 0 Å². The molecule has 1 heterocycles. The first-order valence-corrected chi connectivity index (χ1v) is 8.71. The molecule has 0 radical (unpaired) electrons. The lowest BCUT2D eigenvalue weighted by Gasteiger charge is -2.50. The summed E-state index contributed by atoms with van der Waals surface area (Å²) in [6.45, 7) is 2.38. The van der Waals surface area contributed by atoms with Crippen molar-refractivity contribution in [2.24, 2.45) is 5.92 Å². The third kappa shape index (κ3) is 3.85. The molecule has 2 rings (SSSR count). The molecule has 1 unspecified atom stereocenters. The molecule has 1 aromatic rings. The Morgan fingerprint density at radius 1 is 1.38 bits per heavy atom. The first-order valence-electron chi connectivity index (χ1n) is 7.92. The summed E-state index contributed by atoms with van der Waals surface area (Å²) in [4.78, 5) is 6.76. The molecule has 1 saturated carbocycles. The van der Waals surface area contributed by atoms with Crippen LogP contribution in [0.2, 0.25) is 0 Å². The molecule has 1 aliphatic carbocycles. The maximum atomic E-state index is 4.31. The molecule has 118 valence electrons. The number of hydrogen-bond donors (Lipinski definition) is 1. The van der Waals surface area contributed by atoms with Crippen molar-refractivity contribution in [3.63, 3.8) is 0 Å². The summed E-state index contributed by atoms with van der Waals surface area (Å²) in [5.74, 6) is 0.864. The van der Waals surface area contributed by atoms with Gasteiger partial charge in [-0.2, -0.15) is 0 Å². The summed E-state index contributed by atoms with van der Waals surface area (Å²) in [5.41, 5.74) is 1.55. The second kappa shape index (κ2) is 7.21. The number of halogens is 1. The Morgan fingerprint density at radius 3 is 2.57 bits per heavy atom. The van der Waals surface area contributed by atoms with E-state index in [1.54, 1.807) is 0 Å². The summed E-state index contributed by atoms with van der Waals surface area (Å²) in [7, 11) is 6.57. The normalized spacial score (nSPS) is 27.8. The number of hydrogen-bond acceptors (Lipinski definition) is 3. The van der Waals surface area contributed by atoms with E-state index in [2.05, 4.69) is 65.3 Å². The minimum absolute atomic E-state index is 0.254. The van der Waals surface area contributed by atoms with Gasteiger partial charge in [-0.25, -0.2) is 0 Å².